The van der Waals surface area contributed by atoms with Crippen LogP contribution < -0.4 is 9.47 Å². The van der Waals surface area contributed by atoms with E-state index in [9.17, 15) is 0 Å². The van der Waals surface area contributed by atoms with Crippen molar-refractivity contribution in [3.8, 4) is 23.3 Å². The zero-order chi connectivity index (χ0) is 13.7. The summed E-state index contributed by atoms with van der Waals surface area (Å²) in [6.45, 7) is 2.08. The van der Waals surface area contributed by atoms with E-state index in [1.54, 1.807) is 19.2 Å². The lowest BCUT2D eigenvalue weighted by Crippen LogP contribution is -1.93. The number of hydrogen-bond acceptors (Lipinski definition) is 3. The zero-order valence-electron chi connectivity index (χ0n) is 11.0. The number of nitriles is 1. The van der Waals surface area contributed by atoms with Crippen LogP contribution in [0.2, 0.25) is 0 Å². The summed E-state index contributed by atoms with van der Waals surface area (Å²) in [5.74, 6) is 1.82. The maximum Gasteiger partial charge on any atom is 0.169 e. The molecular formula is C16H15NO2. The summed E-state index contributed by atoms with van der Waals surface area (Å²) < 4.78 is 11.1. The van der Waals surface area contributed by atoms with E-state index in [2.05, 4.69) is 13.0 Å². The first kappa shape index (κ1) is 13.0. The van der Waals surface area contributed by atoms with Crippen molar-refractivity contribution in [2.24, 2.45) is 0 Å². The second kappa shape index (κ2) is 5.92. The Morgan fingerprint density at radius 2 is 1.84 bits per heavy atom. The van der Waals surface area contributed by atoms with E-state index in [-0.39, 0.29) is 0 Å². The van der Waals surface area contributed by atoms with E-state index in [1.807, 2.05) is 30.3 Å². The third-order valence-electron chi connectivity index (χ3n) is 2.86. The highest BCUT2D eigenvalue weighted by Gasteiger charge is 2.09. The molecule has 0 fully saturated rings. The first-order chi connectivity index (χ1) is 9.28. The Bertz CT molecular complexity index is 614. The van der Waals surface area contributed by atoms with E-state index in [1.165, 1.54) is 5.56 Å². The van der Waals surface area contributed by atoms with Gasteiger partial charge >= 0.3 is 0 Å². The average molecular weight is 253 g/mol. The van der Waals surface area contributed by atoms with E-state index in [0.717, 1.165) is 6.42 Å². The summed E-state index contributed by atoms with van der Waals surface area (Å²) in [4.78, 5) is 0. The summed E-state index contributed by atoms with van der Waals surface area (Å²) in [5.41, 5.74) is 1.68. The summed E-state index contributed by atoms with van der Waals surface area (Å²) in [6.07, 6.45) is 0.936. The molecule has 0 amide bonds. The summed E-state index contributed by atoms with van der Waals surface area (Å²) >= 11 is 0. The molecule has 2 aromatic carbocycles. The van der Waals surface area contributed by atoms with Crippen LogP contribution in [0.4, 0.5) is 0 Å². The lowest BCUT2D eigenvalue weighted by Gasteiger charge is -2.12. The standard InChI is InChI=1S/C16H15NO2/c1-3-12-8-9-15(16(10-12)18-2)19-14-7-5-4-6-13(14)11-17/h4-10H,3H2,1-2H3. The van der Waals surface area contributed by atoms with Gasteiger partial charge in [0.15, 0.2) is 11.5 Å². The highest BCUT2D eigenvalue weighted by molar-refractivity contribution is 5.49. The molecule has 0 aliphatic heterocycles. The number of nitrogens with zero attached hydrogens (tertiary/aromatic N) is 1. The predicted molar refractivity (Wildman–Crippen MR) is 73.6 cm³/mol. The van der Waals surface area contributed by atoms with Gasteiger partial charge in [0.2, 0.25) is 0 Å². The van der Waals surface area contributed by atoms with Gasteiger partial charge in [-0.3, -0.25) is 0 Å². The number of ether oxygens (including phenoxy) is 2. The van der Waals surface area contributed by atoms with Gasteiger partial charge < -0.3 is 9.47 Å². The van der Waals surface area contributed by atoms with Crippen molar-refractivity contribution in [1.82, 2.24) is 0 Å². The van der Waals surface area contributed by atoms with Crippen LogP contribution in [-0.2, 0) is 6.42 Å². The molecule has 19 heavy (non-hydrogen) atoms. The fourth-order valence-corrected chi connectivity index (χ4v) is 1.78. The van der Waals surface area contributed by atoms with Gasteiger partial charge in [0.1, 0.15) is 11.8 Å². The number of methoxy groups -OCH3 is 1. The molecule has 0 radical (unpaired) electrons. The lowest BCUT2D eigenvalue weighted by molar-refractivity contribution is 0.378. The summed E-state index contributed by atoms with van der Waals surface area (Å²) in [7, 11) is 1.61. The second-order valence-corrected chi connectivity index (χ2v) is 4.05. The lowest BCUT2D eigenvalue weighted by atomic mass is 10.1. The van der Waals surface area contributed by atoms with E-state index in [4.69, 9.17) is 14.7 Å². The molecule has 0 spiro atoms. The molecule has 0 aliphatic rings. The largest absolute Gasteiger partial charge is 0.493 e. The molecule has 0 N–H and O–H groups in total. The molecule has 96 valence electrons. The number of aryl methyl sites for hydroxylation is 1. The molecule has 0 saturated heterocycles. The summed E-state index contributed by atoms with van der Waals surface area (Å²) in [6, 6.07) is 15.1. The third-order valence-corrected chi connectivity index (χ3v) is 2.86. The third kappa shape index (κ3) is 2.86. The van der Waals surface area contributed by atoms with Crippen LogP contribution in [0, 0.1) is 11.3 Å². The Morgan fingerprint density at radius 3 is 2.53 bits per heavy atom. The minimum atomic E-state index is 0.504. The minimum Gasteiger partial charge on any atom is -0.493 e. The van der Waals surface area contributed by atoms with Gasteiger partial charge in [-0.05, 0) is 36.2 Å². The van der Waals surface area contributed by atoms with Crippen molar-refractivity contribution in [3.63, 3.8) is 0 Å². The topological polar surface area (TPSA) is 42.2 Å². The Labute approximate surface area is 113 Å². The minimum absolute atomic E-state index is 0.504. The van der Waals surface area contributed by atoms with E-state index < -0.39 is 0 Å². The molecular weight excluding hydrogens is 238 g/mol. The Morgan fingerprint density at radius 1 is 1.05 bits per heavy atom. The zero-order valence-corrected chi connectivity index (χ0v) is 11.0. The van der Waals surface area contributed by atoms with Crippen LogP contribution >= 0.6 is 0 Å². The van der Waals surface area contributed by atoms with Gasteiger partial charge in [0.25, 0.3) is 0 Å². The van der Waals surface area contributed by atoms with Crippen LogP contribution in [0.1, 0.15) is 18.1 Å². The van der Waals surface area contributed by atoms with Gasteiger partial charge in [-0.15, -0.1) is 0 Å². The van der Waals surface area contributed by atoms with Crippen molar-refractivity contribution < 1.29 is 9.47 Å². The fourth-order valence-electron chi connectivity index (χ4n) is 1.78. The molecule has 3 nitrogen and oxygen atoms in total. The predicted octanol–water partition coefficient (Wildman–Crippen LogP) is 3.92. The van der Waals surface area contributed by atoms with Crippen LogP contribution in [-0.4, -0.2) is 7.11 Å². The fraction of sp³-hybridized carbons (Fsp3) is 0.188. The molecule has 2 rings (SSSR count). The molecule has 3 heteroatoms. The molecule has 0 atom stereocenters. The maximum atomic E-state index is 9.04. The van der Waals surface area contributed by atoms with Crippen LogP contribution in [0.3, 0.4) is 0 Å². The normalized spacial score (nSPS) is 9.74. The van der Waals surface area contributed by atoms with E-state index in [0.29, 0.717) is 22.8 Å². The van der Waals surface area contributed by atoms with Gasteiger partial charge in [0.05, 0.1) is 12.7 Å². The van der Waals surface area contributed by atoms with Crippen molar-refractivity contribution >= 4 is 0 Å². The van der Waals surface area contributed by atoms with Gasteiger partial charge in [-0.2, -0.15) is 5.26 Å². The van der Waals surface area contributed by atoms with Crippen LogP contribution in [0.25, 0.3) is 0 Å². The van der Waals surface area contributed by atoms with Gasteiger partial charge in [0, 0.05) is 0 Å². The molecule has 0 bridgehead atoms. The number of benzene rings is 2. The van der Waals surface area contributed by atoms with Crippen LogP contribution in [0.5, 0.6) is 17.2 Å². The van der Waals surface area contributed by atoms with Crippen molar-refractivity contribution in [3.05, 3.63) is 53.6 Å². The van der Waals surface area contributed by atoms with Crippen molar-refractivity contribution in [2.75, 3.05) is 7.11 Å². The molecule has 0 unspecified atom stereocenters. The Balaban J connectivity index is 2.36. The highest BCUT2D eigenvalue weighted by atomic mass is 16.5. The van der Waals surface area contributed by atoms with Gasteiger partial charge in [-0.1, -0.05) is 25.1 Å². The molecule has 2 aromatic rings. The molecule has 0 saturated carbocycles. The number of rotatable bonds is 4. The maximum absolute atomic E-state index is 9.04. The number of hydrogen-bond donors (Lipinski definition) is 0. The average Bonchev–Trinajstić information content (AvgIpc) is 2.48. The highest BCUT2D eigenvalue weighted by Crippen LogP contribution is 2.33. The van der Waals surface area contributed by atoms with Crippen molar-refractivity contribution in [2.45, 2.75) is 13.3 Å². The Kier molecular flexibility index (Phi) is 4.04. The van der Waals surface area contributed by atoms with Crippen LogP contribution in [0.15, 0.2) is 42.5 Å². The van der Waals surface area contributed by atoms with Crippen molar-refractivity contribution in [1.29, 1.82) is 5.26 Å². The second-order valence-electron chi connectivity index (χ2n) is 4.05. The Hall–Kier alpha value is -2.47. The monoisotopic (exact) mass is 253 g/mol. The summed E-state index contributed by atoms with van der Waals surface area (Å²) in [5, 5.41) is 9.04. The molecule has 0 aromatic heterocycles. The molecule has 0 aliphatic carbocycles. The quantitative estimate of drug-likeness (QED) is 0.829. The molecule has 0 heterocycles. The first-order valence-electron chi connectivity index (χ1n) is 6.12. The van der Waals surface area contributed by atoms with E-state index >= 15 is 0 Å². The van der Waals surface area contributed by atoms with Gasteiger partial charge in [-0.25, -0.2) is 0 Å². The smallest absolute Gasteiger partial charge is 0.169 e. The number of para-hydroxylation sites is 1. The first-order valence-corrected chi connectivity index (χ1v) is 6.12. The SMILES string of the molecule is CCc1ccc(Oc2ccccc2C#N)c(OC)c1.